The summed E-state index contributed by atoms with van der Waals surface area (Å²) >= 11 is 7.39. The smallest absolute Gasteiger partial charge is 0.255 e. The van der Waals surface area contributed by atoms with Gasteiger partial charge < -0.3 is 5.32 Å². The SMILES string of the molecule is N#CC1(NC(=O)c2cccc(Cl)c2F)CCSCC1. The van der Waals surface area contributed by atoms with Crippen molar-refractivity contribution in [3.05, 3.63) is 34.6 Å². The third kappa shape index (κ3) is 3.02. The molecule has 1 aliphatic rings. The van der Waals surface area contributed by atoms with Crippen molar-refractivity contribution < 1.29 is 9.18 Å². The molecule has 1 fully saturated rings. The number of nitriles is 1. The Labute approximate surface area is 120 Å². The summed E-state index contributed by atoms with van der Waals surface area (Å²) in [5, 5.41) is 11.8. The molecule has 0 atom stereocenters. The van der Waals surface area contributed by atoms with E-state index in [0.29, 0.717) is 12.8 Å². The van der Waals surface area contributed by atoms with Gasteiger partial charge in [0.25, 0.3) is 5.91 Å². The molecule has 0 aliphatic carbocycles. The highest BCUT2D eigenvalue weighted by Crippen LogP contribution is 2.27. The minimum atomic E-state index is -0.892. The lowest BCUT2D eigenvalue weighted by molar-refractivity contribution is 0.0911. The van der Waals surface area contributed by atoms with Crippen LogP contribution in [0.25, 0.3) is 0 Å². The zero-order valence-electron chi connectivity index (χ0n) is 10.1. The van der Waals surface area contributed by atoms with Gasteiger partial charge in [0.2, 0.25) is 0 Å². The van der Waals surface area contributed by atoms with Crippen molar-refractivity contribution in [2.24, 2.45) is 0 Å². The highest BCUT2D eigenvalue weighted by atomic mass is 35.5. The zero-order valence-corrected chi connectivity index (χ0v) is 11.7. The molecule has 1 amide bonds. The van der Waals surface area contributed by atoms with Crippen molar-refractivity contribution >= 4 is 29.3 Å². The summed E-state index contributed by atoms with van der Waals surface area (Å²) in [6, 6.07) is 6.40. The number of hydrogen-bond acceptors (Lipinski definition) is 3. The summed E-state index contributed by atoms with van der Waals surface area (Å²) in [5.74, 6) is 0.283. The Morgan fingerprint density at radius 3 is 2.79 bits per heavy atom. The Balaban J connectivity index is 2.21. The van der Waals surface area contributed by atoms with Crippen molar-refractivity contribution in [3.63, 3.8) is 0 Å². The second kappa shape index (κ2) is 5.81. The standard InChI is InChI=1S/C13H12ClFN2OS/c14-10-3-1-2-9(11(10)15)12(18)17-13(8-16)4-6-19-7-5-13/h1-3H,4-7H2,(H,17,18). The van der Waals surface area contributed by atoms with E-state index in [4.69, 9.17) is 11.6 Å². The zero-order chi connectivity index (χ0) is 13.9. The average Bonchev–Trinajstić information content (AvgIpc) is 2.42. The first-order chi connectivity index (χ1) is 9.08. The predicted octanol–water partition coefficient (Wildman–Crippen LogP) is 3.00. The number of rotatable bonds is 2. The van der Waals surface area contributed by atoms with Crippen LogP contribution in [0.4, 0.5) is 4.39 Å². The van der Waals surface area contributed by atoms with Gasteiger partial charge in [0, 0.05) is 0 Å². The minimum Gasteiger partial charge on any atom is -0.334 e. The molecule has 1 aromatic carbocycles. The topological polar surface area (TPSA) is 52.9 Å². The molecule has 0 bridgehead atoms. The van der Waals surface area contributed by atoms with Crippen LogP contribution in [-0.4, -0.2) is 23.0 Å². The molecule has 19 heavy (non-hydrogen) atoms. The number of carbonyl (C=O) groups excluding carboxylic acids is 1. The first-order valence-corrected chi connectivity index (χ1v) is 7.37. The maximum Gasteiger partial charge on any atom is 0.255 e. The van der Waals surface area contributed by atoms with E-state index in [1.54, 1.807) is 11.8 Å². The largest absolute Gasteiger partial charge is 0.334 e. The lowest BCUT2D eigenvalue weighted by Crippen LogP contribution is -2.49. The molecule has 1 N–H and O–H groups in total. The molecule has 6 heteroatoms. The predicted molar refractivity (Wildman–Crippen MR) is 73.8 cm³/mol. The second-order valence-electron chi connectivity index (χ2n) is 4.36. The molecule has 1 aromatic rings. The Bertz CT molecular complexity index is 538. The van der Waals surface area contributed by atoms with Crippen molar-refractivity contribution in [3.8, 4) is 6.07 Å². The number of carbonyl (C=O) groups is 1. The van der Waals surface area contributed by atoms with E-state index in [1.165, 1.54) is 18.2 Å². The van der Waals surface area contributed by atoms with Gasteiger partial charge in [-0.05, 0) is 36.5 Å². The van der Waals surface area contributed by atoms with E-state index in [0.717, 1.165) is 11.5 Å². The van der Waals surface area contributed by atoms with Crippen molar-refractivity contribution in [1.29, 1.82) is 5.26 Å². The van der Waals surface area contributed by atoms with E-state index >= 15 is 0 Å². The number of thioether (sulfide) groups is 1. The van der Waals surface area contributed by atoms with Gasteiger partial charge >= 0.3 is 0 Å². The van der Waals surface area contributed by atoms with Crippen LogP contribution in [0.3, 0.4) is 0 Å². The van der Waals surface area contributed by atoms with Gasteiger partial charge in [0.05, 0.1) is 16.7 Å². The van der Waals surface area contributed by atoms with Gasteiger partial charge in [-0.25, -0.2) is 4.39 Å². The summed E-state index contributed by atoms with van der Waals surface area (Å²) in [6.45, 7) is 0. The molecule has 2 rings (SSSR count). The molecular formula is C13H12ClFN2OS. The van der Waals surface area contributed by atoms with Gasteiger partial charge in [-0.3, -0.25) is 4.79 Å². The van der Waals surface area contributed by atoms with Gasteiger partial charge in [0.15, 0.2) is 5.82 Å². The Morgan fingerprint density at radius 2 is 2.16 bits per heavy atom. The fourth-order valence-electron chi connectivity index (χ4n) is 1.95. The number of amides is 1. The first kappa shape index (κ1) is 14.2. The van der Waals surface area contributed by atoms with Gasteiger partial charge in [-0.1, -0.05) is 17.7 Å². The number of halogens is 2. The van der Waals surface area contributed by atoms with Crippen LogP contribution >= 0.6 is 23.4 Å². The molecular weight excluding hydrogens is 287 g/mol. The number of nitrogens with one attached hydrogen (secondary N) is 1. The highest BCUT2D eigenvalue weighted by Gasteiger charge is 2.34. The molecule has 0 unspecified atom stereocenters. The van der Waals surface area contributed by atoms with Crippen molar-refractivity contribution in [2.45, 2.75) is 18.4 Å². The molecule has 1 heterocycles. The third-order valence-electron chi connectivity index (χ3n) is 3.11. The van der Waals surface area contributed by atoms with Crippen LogP contribution in [0.2, 0.25) is 5.02 Å². The van der Waals surface area contributed by atoms with Gasteiger partial charge in [-0.2, -0.15) is 17.0 Å². The fraction of sp³-hybridized carbons (Fsp3) is 0.385. The van der Waals surface area contributed by atoms with E-state index < -0.39 is 17.3 Å². The quantitative estimate of drug-likeness (QED) is 0.913. The fourth-order valence-corrected chi connectivity index (χ4v) is 3.31. The lowest BCUT2D eigenvalue weighted by atomic mass is 9.93. The van der Waals surface area contributed by atoms with Crippen LogP contribution in [0, 0.1) is 17.1 Å². The summed E-state index contributed by atoms with van der Waals surface area (Å²) in [5.41, 5.74) is -1.02. The normalized spacial score (nSPS) is 17.5. The number of benzene rings is 1. The molecule has 1 saturated heterocycles. The molecule has 0 aromatic heterocycles. The van der Waals surface area contributed by atoms with Crippen molar-refractivity contribution in [2.75, 3.05) is 11.5 Å². The lowest BCUT2D eigenvalue weighted by Gasteiger charge is -2.31. The monoisotopic (exact) mass is 298 g/mol. The Kier molecular flexibility index (Phi) is 4.33. The van der Waals surface area contributed by atoms with E-state index in [9.17, 15) is 14.4 Å². The van der Waals surface area contributed by atoms with Crippen LogP contribution in [-0.2, 0) is 0 Å². The van der Waals surface area contributed by atoms with E-state index in [2.05, 4.69) is 11.4 Å². The second-order valence-corrected chi connectivity index (χ2v) is 5.99. The third-order valence-corrected chi connectivity index (χ3v) is 4.39. The van der Waals surface area contributed by atoms with Crippen LogP contribution in [0.1, 0.15) is 23.2 Å². The number of nitrogens with zero attached hydrogens (tertiary/aromatic N) is 1. The average molecular weight is 299 g/mol. The molecule has 100 valence electrons. The van der Waals surface area contributed by atoms with Crippen LogP contribution in [0.15, 0.2) is 18.2 Å². The summed E-state index contributed by atoms with van der Waals surface area (Å²) in [7, 11) is 0. The highest BCUT2D eigenvalue weighted by molar-refractivity contribution is 7.99. The molecule has 0 saturated carbocycles. The molecule has 3 nitrogen and oxygen atoms in total. The Hall–Kier alpha value is -1.25. The maximum absolute atomic E-state index is 13.8. The van der Waals surface area contributed by atoms with E-state index in [-0.39, 0.29) is 10.6 Å². The van der Waals surface area contributed by atoms with E-state index in [1.807, 2.05) is 0 Å². The molecule has 0 radical (unpaired) electrons. The van der Waals surface area contributed by atoms with Crippen LogP contribution < -0.4 is 5.32 Å². The Morgan fingerprint density at radius 1 is 1.47 bits per heavy atom. The maximum atomic E-state index is 13.8. The molecule has 0 spiro atoms. The number of hydrogen-bond donors (Lipinski definition) is 1. The first-order valence-electron chi connectivity index (χ1n) is 5.83. The minimum absolute atomic E-state index is 0.0992. The van der Waals surface area contributed by atoms with Crippen LogP contribution in [0.5, 0.6) is 0 Å². The summed E-state index contributed by atoms with van der Waals surface area (Å²) in [4.78, 5) is 12.1. The van der Waals surface area contributed by atoms with Gasteiger partial charge in [0.1, 0.15) is 5.54 Å². The summed E-state index contributed by atoms with van der Waals surface area (Å²) in [6.07, 6.45) is 1.14. The summed E-state index contributed by atoms with van der Waals surface area (Å²) < 4.78 is 13.8. The molecule has 1 aliphatic heterocycles. The van der Waals surface area contributed by atoms with Gasteiger partial charge in [-0.15, -0.1) is 0 Å². The van der Waals surface area contributed by atoms with Crippen molar-refractivity contribution in [1.82, 2.24) is 5.32 Å².